The Labute approximate surface area is 89.9 Å². The minimum absolute atomic E-state index is 0.0569. The van der Waals surface area contributed by atoms with Crippen molar-refractivity contribution in [2.24, 2.45) is 0 Å². The van der Waals surface area contributed by atoms with Gasteiger partial charge in [-0.15, -0.1) is 11.8 Å². The maximum Gasteiger partial charge on any atom is 0.117 e. The van der Waals surface area contributed by atoms with Gasteiger partial charge in [0.2, 0.25) is 0 Å². The van der Waals surface area contributed by atoms with Crippen LogP contribution in [0.2, 0.25) is 0 Å². The molecular formula is C12H16OS. The highest BCUT2D eigenvalue weighted by molar-refractivity contribution is 8.00. The summed E-state index contributed by atoms with van der Waals surface area (Å²) in [6, 6.07) is 10.6. The van der Waals surface area contributed by atoms with E-state index in [0.717, 1.165) is 25.2 Å². The van der Waals surface area contributed by atoms with Crippen molar-refractivity contribution >= 4 is 11.8 Å². The molecule has 76 valence electrons. The topological polar surface area (TPSA) is 9.23 Å². The van der Waals surface area contributed by atoms with Crippen LogP contribution in [-0.4, -0.2) is 17.3 Å². The third-order valence-corrected chi connectivity index (χ3v) is 4.12. The first kappa shape index (κ1) is 10.1. The van der Waals surface area contributed by atoms with Crippen molar-refractivity contribution in [3.63, 3.8) is 0 Å². The van der Waals surface area contributed by atoms with Crippen LogP contribution in [0.4, 0.5) is 0 Å². The van der Waals surface area contributed by atoms with E-state index in [1.807, 2.05) is 11.8 Å². The maximum atomic E-state index is 5.86. The first-order chi connectivity index (χ1) is 6.85. The van der Waals surface area contributed by atoms with Crippen LogP contribution in [-0.2, 0) is 11.2 Å². The normalized spacial score (nSPS) is 26.6. The Bertz CT molecular complexity index is 278. The summed E-state index contributed by atoms with van der Waals surface area (Å²) in [5, 5.41) is 0. The van der Waals surface area contributed by atoms with Gasteiger partial charge in [0, 0.05) is 12.2 Å². The van der Waals surface area contributed by atoms with Gasteiger partial charge in [-0.05, 0) is 12.0 Å². The Morgan fingerprint density at radius 3 is 2.71 bits per heavy atom. The third-order valence-electron chi connectivity index (χ3n) is 2.67. The second-order valence-electron chi connectivity index (χ2n) is 3.62. The Morgan fingerprint density at radius 2 is 2.14 bits per heavy atom. The summed E-state index contributed by atoms with van der Waals surface area (Å²) in [4.78, 5) is 0.0569. The lowest BCUT2D eigenvalue weighted by molar-refractivity contribution is 0.0491. The van der Waals surface area contributed by atoms with E-state index < -0.39 is 0 Å². The van der Waals surface area contributed by atoms with Crippen LogP contribution in [0.5, 0.6) is 0 Å². The minimum Gasteiger partial charge on any atom is -0.363 e. The standard InChI is InChI=1S/C12H16OS/c1-2-12(13-8-9-14-12)10-11-6-4-3-5-7-11/h3-7H,2,8-10H2,1H3. The molecule has 1 aromatic carbocycles. The zero-order valence-corrected chi connectivity index (χ0v) is 9.35. The molecule has 2 rings (SSSR count). The van der Waals surface area contributed by atoms with Crippen molar-refractivity contribution < 1.29 is 4.74 Å². The molecule has 1 unspecified atom stereocenters. The van der Waals surface area contributed by atoms with E-state index in [1.165, 1.54) is 5.56 Å². The molecule has 2 heteroatoms. The Morgan fingerprint density at radius 1 is 1.36 bits per heavy atom. The smallest absolute Gasteiger partial charge is 0.117 e. The molecular weight excluding hydrogens is 192 g/mol. The highest BCUT2D eigenvalue weighted by Gasteiger charge is 2.33. The maximum absolute atomic E-state index is 5.86. The largest absolute Gasteiger partial charge is 0.363 e. The van der Waals surface area contributed by atoms with Crippen molar-refractivity contribution in [1.29, 1.82) is 0 Å². The van der Waals surface area contributed by atoms with Gasteiger partial charge < -0.3 is 4.74 Å². The number of ether oxygens (including phenoxy) is 1. The molecule has 0 saturated carbocycles. The summed E-state index contributed by atoms with van der Waals surface area (Å²) in [6.45, 7) is 3.12. The van der Waals surface area contributed by atoms with Crippen molar-refractivity contribution in [2.45, 2.75) is 24.7 Å². The molecule has 0 bridgehead atoms. The summed E-state index contributed by atoms with van der Waals surface area (Å²) in [5.41, 5.74) is 1.38. The minimum atomic E-state index is 0.0569. The Kier molecular flexibility index (Phi) is 3.14. The number of thioether (sulfide) groups is 1. The third kappa shape index (κ3) is 2.12. The van der Waals surface area contributed by atoms with E-state index in [-0.39, 0.29) is 4.93 Å². The molecule has 1 heterocycles. The zero-order valence-electron chi connectivity index (χ0n) is 8.53. The van der Waals surface area contributed by atoms with Gasteiger partial charge >= 0.3 is 0 Å². The molecule has 0 radical (unpaired) electrons. The quantitative estimate of drug-likeness (QED) is 0.755. The second kappa shape index (κ2) is 4.37. The van der Waals surface area contributed by atoms with Crippen LogP contribution < -0.4 is 0 Å². The van der Waals surface area contributed by atoms with Crippen LogP contribution in [0.1, 0.15) is 18.9 Å². The molecule has 1 aliphatic heterocycles. The van der Waals surface area contributed by atoms with Crippen molar-refractivity contribution in [1.82, 2.24) is 0 Å². The number of hydrogen-bond acceptors (Lipinski definition) is 2. The fourth-order valence-corrected chi connectivity index (χ4v) is 3.01. The fraction of sp³-hybridized carbons (Fsp3) is 0.500. The molecule has 0 aromatic heterocycles. The summed E-state index contributed by atoms with van der Waals surface area (Å²) >= 11 is 1.96. The SMILES string of the molecule is CCC1(Cc2ccccc2)OCCS1. The van der Waals surface area contributed by atoms with Gasteiger partial charge in [-0.1, -0.05) is 37.3 Å². The molecule has 1 saturated heterocycles. The van der Waals surface area contributed by atoms with E-state index in [4.69, 9.17) is 4.74 Å². The molecule has 0 N–H and O–H groups in total. The molecule has 1 nitrogen and oxygen atoms in total. The van der Waals surface area contributed by atoms with Gasteiger partial charge in [0.15, 0.2) is 0 Å². The molecule has 0 spiro atoms. The predicted molar refractivity (Wildman–Crippen MR) is 61.6 cm³/mol. The highest BCUT2D eigenvalue weighted by atomic mass is 32.2. The summed E-state index contributed by atoms with van der Waals surface area (Å²) < 4.78 is 5.86. The van der Waals surface area contributed by atoms with Crippen molar-refractivity contribution in [2.75, 3.05) is 12.4 Å². The number of rotatable bonds is 3. The number of hydrogen-bond donors (Lipinski definition) is 0. The number of benzene rings is 1. The monoisotopic (exact) mass is 208 g/mol. The molecule has 14 heavy (non-hydrogen) atoms. The summed E-state index contributed by atoms with van der Waals surface area (Å²) in [7, 11) is 0. The summed E-state index contributed by atoms with van der Waals surface area (Å²) in [6.07, 6.45) is 2.13. The first-order valence-electron chi connectivity index (χ1n) is 5.16. The molecule has 1 fully saturated rings. The van der Waals surface area contributed by atoms with Crippen LogP contribution in [0.3, 0.4) is 0 Å². The van der Waals surface area contributed by atoms with Gasteiger partial charge in [-0.3, -0.25) is 0 Å². The fourth-order valence-electron chi connectivity index (χ4n) is 1.84. The molecule has 1 aliphatic rings. The molecule has 0 amide bonds. The molecule has 1 aromatic rings. The highest BCUT2D eigenvalue weighted by Crippen LogP contribution is 2.38. The van der Waals surface area contributed by atoms with Gasteiger partial charge in [0.05, 0.1) is 6.61 Å². The van der Waals surface area contributed by atoms with Gasteiger partial charge in [-0.25, -0.2) is 0 Å². The zero-order chi connectivity index (χ0) is 9.86. The van der Waals surface area contributed by atoms with E-state index in [0.29, 0.717) is 0 Å². The van der Waals surface area contributed by atoms with Crippen molar-refractivity contribution in [3.8, 4) is 0 Å². The second-order valence-corrected chi connectivity index (χ2v) is 5.06. The molecule has 0 aliphatic carbocycles. The van der Waals surface area contributed by atoms with Crippen LogP contribution in [0, 0.1) is 0 Å². The lowest BCUT2D eigenvalue weighted by atomic mass is 10.1. The lowest BCUT2D eigenvalue weighted by Crippen LogP contribution is -2.26. The Hall–Kier alpha value is -0.470. The lowest BCUT2D eigenvalue weighted by Gasteiger charge is -2.25. The van der Waals surface area contributed by atoms with E-state index in [9.17, 15) is 0 Å². The van der Waals surface area contributed by atoms with E-state index in [1.54, 1.807) is 0 Å². The van der Waals surface area contributed by atoms with E-state index in [2.05, 4.69) is 37.3 Å². The predicted octanol–water partition coefficient (Wildman–Crippen LogP) is 3.10. The molecule has 1 atom stereocenters. The Balaban J connectivity index is 2.08. The van der Waals surface area contributed by atoms with Crippen molar-refractivity contribution in [3.05, 3.63) is 35.9 Å². The van der Waals surface area contributed by atoms with Crippen LogP contribution in [0.25, 0.3) is 0 Å². The first-order valence-corrected chi connectivity index (χ1v) is 6.15. The van der Waals surface area contributed by atoms with Crippen LogP contribution in [0.15, 0.2) is 30.3 Å². The average molecular weight is 208 g/mol. The van der Waals surface area contributed by atoms with Gasteiger partial charge in [0.25, 0.3) is 0 Å². The summed E-state index contributed by atoms with van der Waals surface area (Å²) in [5.74, 6) is 1.14. The van der Waals surface area contributed by atoms with Crippen LogP contribution >= 0.6 is 11.8 Å². The van der Waals surface area contributed by atoms with Gasteiger partial charge in [-0.2, -0.15) is 0 Å². The van der Waals surface area contributed by atoms with Gasteiger partial charge in [0.1, 0.15) is 4.93 Å². The van der Waals surface area contributed by atoms with E-state index >= 15 is 0 Å². The average Bonchev–Trinajstić information content (AvgIpc) is 2.69.